The summed E-state index contributed by atoms with van der Waals surface area (Å²) in [5.74, 6) is 0.714. The lowest BCUT2D eigenvalue weighted by atomic mass is 10.00. The summed E-state index contributed by atoms with van der Waals surface area (Å²) in [6.45, 7) is 1.49. The zero-order valence-electron chi connectivity index (χ0n) is 17.2. The van der Waals surface area contributed by atoms with Crippen LogP contribution in [0.3, 0.4) is 0 Å². The first-order valence-corrected chi connectivity index (χ1v) is 9.97. The highest BCUT2D eigenvalue weighted by molar-refractivity contribution is 6.37. The zero-order valence-corrected chi connectivity index (χ0v) is 17.2. The van der Waals surface area contributed by atoms with Crippen molar-refractivity contribution in [1.82, 2.24) is 4.90 Å². The maximum atomic E-state index is 12.8. The van der Waals surface area contributed by atoms with Gasteiger partial charge in [0.1, 0.15) is 12.4 Å². The van der Waals surface area contributed by atoms with E-state index in [0.717, 1.165) is 40.5 Å². The van der Waals surface area contributed by atoms with Crippen molar-refractivity contribution in [3.05, 3.63) is 90.0 Å². The molecule has 30 heavy (non-hydrogen) atoms. The van der Waals surface area contributed by atoms with Gasteiger partial charge in [-0.1, -0.05) is 48.5 Å². The van der Waals surface area contributed by atoms with E-state index < -0.39 is 0 Å². The van der Waals surface area contributed by atoms with Gasteiger partial charge >= 0.3 is 0 Å². The van der Waals surface area contributed by atoms with Gasteiger partial charge < -0.3 is 20.3 Å². The van der Waals surface area contributed by atoms with Crippen molar-refractivity contribution < 1.29 is 9.53 Å². The van der Waals surface area contributed by atoms with Crippen LogP contribution in [0.2, 0.25) is 0 Å². The van der Waals surface area contributed by atoms with Gasteiger partial charge in [0.2, 0.25) is 0 Å². The van der Waals surface area contributed by atoms with Crippen molar-refractivity contribution >= 4 is 28.6 Å². The Balaban J connectivity index is 1.65. The van der Waals surface area contributed by atoms with Gasteiger partial charge in [-0.05, 0) is 50.0 Å². The molecule has 3 aromatic rings. The molecule has 2 N–H and O–H groups in total. The van der Waals surface area contributed by atoms with E-state index in [1.807, 2.05) is 93.0 Å². The molecule has 1 amide bonds. The van der Waals surface area contributed by atoms with Gasteiger partial charge in [0.05, 0.1) is 11.3 Å². The Morgan fingerprint density at radius 2 is 1.63 bits per heavy atom. The third-order valence-corrected chi connectivity index (χ3v) is 4.92. The van der Waals surface area contributed by atoms with Crippen LogP contribution in [0.4, 0.5) is 11.4 Å². The first kappa shape index (κ1) is 19.7. The van der Waals surface area contributed by atoms with E-state index in [0.29, 0.717) is 12.2 Å². The van der Waals surface area contributed by atoms with Crippen LogP contribution in [-0.4, -0.2) is 38.1 Å². The van der Waals surface area contributed by atoms with Crippen molar-refractivity contribution in [2.45, 2.75) is 0 Å². The van der Waals surface area contributed by atoms with Crippen LogP contribution in [0.25, 0.3) is 11.3 Å². The number of nitrogens with zero attached hydrogens (tertiary/aromatic N) is 1. The number of rotatable bonds is 7. The summed E-state index contributed by atoms with van der Waals surface area (Å²) in [6, 6.07) is 25.5. The predicted molar refractivity (Wildman–Crippen MR) is 122 cm³/mol. The Morgan fingerprint density at radius 1 is 0.933 bits per heavy atom. The molecular weight excluding hydrogens is 374 g/mol. The first-order valence-electron chi connectivity index (χ1n) is 9.97. The lowest BCUT2D eigenvalue weighted by Gasteiger charge is -2.15. The second-order valence-electron chi connectivity index (χ2n) is 7.42. The molecule has 1 aliphatic heterocycles. The quantitative estimate of drug-likeness (QED) is 0.572. The maximum Gasteiger partial charge on any atom is 0.258 e. The summed E-state index contributed by atoms with van der Waals surface area (Å²) >= 11 is 0. The number of ether oxygens (including phenoxy) is 1. The predicted octanol–water partition coefficient (Wildman–Crippen LogP) is 4.56. The Hall–Kier alpha value is -3.57. The average Bonchev–Trinajstić information content (AvgIpc) is 3.09. The molecule has 0 saturated carbocycles. The molecule has 0 saturated heterocycles. The fourth-order valence-electron chi connectivity index (χ4n) is 3.37. The van der Waals surface area contributed by atoms with Gasteiger partial charge in [-0.25, -0.2) is 0 Å². The van der Waals surface area contributed by atoms with Crippen LogP contribution in [0.1, 0.15) is 11.1 Å². The van der Waals surface area contributed by atoms with Gasteiger partial charge in [-0.3, -0.25) is 4.79 Å². The Morgan fingerprint density at radius 3 is 2.37 bits per heavy atom. The van der Waals surface area contributed by atoms with E-state index in [1.165, 1.54) is 0 Å². The van der Waals surface area contributed by atoms with E-state index in [2.05, 4.69) is 15.5 Å². The van der Waals surface area contributed by atoms with Crippen LogP contribution in [-0.2, 0) is 4.79 Å². The highest BCUT2D eigenvalue weighted by Gasteiger charge is 2.27. The van der Waals surface area contributed by atoms with Crippen molar-refractivity contribution in [2.24, 2.45) is 0 Å². The number of amides is 1. The van der Waals surface area contributed by atoms with Crippen LogP contribution >= 0.6 is 0 Å². The van der Waals surface area contributed by atoms with Crippen LogP contribution < -0.4 is 15.4 Å². The number of fused-ring (bicyclic) bond motifs is 1. The van der Waals surface area contributed by atoms with Crippen molar-refractivity contribution in [2.75, 3.05) is 37.9 Å². The molecule has 152 valence electrons. The lowest BCUT2D eigenvalue weighted by Crippen LogP contribution is -2.19. The summed E-state index contributed by atoms with van der Waals surface area (Å²) in [7, 11) is 4.04. The minimum Gasteiger partial charge on any atom is -0.492 e. The number of benzene rings is 3. The molecule has 5 heteroatoms. The molecule has 0 atom stereocenters. The largest absolute Gasteiger partial charge is 0.492 e. The number of hydrogen-bond acceptors (Lipinski definition) is 4. The summed E-state index contributed by atoms with van der Waals surface area (Å²) in [5, 5.41) is 6.43. The normalized spacial score (nSPS) is 14.3. The maximum absolute atomic E-state index is 12.8. The van der Waals surface area contributed by atoms with Crippen molar-refractivity contribution in [1.29, 1.82) is 0 Å². The number of hydrogen-bond donors (Lipinski definition) is 2. The minimum atomic E-state index is -0.105. The van der Waals surface area contributed by atoms with Crippen LogP contribution in [0.15, 0.2) is 78.9 Å². The highest BCUT2D eigenvalue weighted by atomic mass is 16.5. The van der Waals surface area contributed by atoms with Gasteiger partial charge in [0.15, 0.2) is 0 Å². The van der Waals surface area contributed by atoms with Gasteiger partial charge in [0, 0.05) is 23.5 Å². The standard InChI is InChI=1S/C25H25N3O2/c1-28(2)16-17-30-20-14-12-19(13-15-20)26-24(18-8-4-3-5-9-18)23-21-10-6-7-11-22(21)27-25(23)29/h3-15,26H,16-17H2,1-2H3,(H,27,29). The molecule has 1 heterocycles. The number of para-hydroxylation sites is 1. The summed E-state index contributed by atoms with van der Waals surface area (Å²) in [5.41, 5.74) is 4.99. The number of nitrogens with one attached hydrogen (secondary N) is 2. The molecule has 0 unspecified atom stereocenters. The summed E-state index contributed by atoms with van der Waals surface area (Å²) < 4.78 is 5.78. The van der Waals surface area contributed by atoms with Gasteiger partial charge in [0.25, 0.3) is 5.91 Å². The third-order valence-electron chi connectivity index (χ3n) is 4.92. The van der Waals surface area contributed by atoms with Crippen molar-refractivity contribution in [3.63, 3.8) is 0 Å². The summed E-state index contributed by atoms with van der Waals surface area (Å²) in [6.07, 6.45) is 0. The lowest BCUT2D eigenvalue weighted by molar-refractivity contribution is -0.110. The molecule has 0 fully saturated rings. The van der Waals surface area contributed by atoms with E-state index in [-0.39, 0.29) is 5.91 Å². The number of carbonyl (C=O) groups is 1. The second-order valence-corrected chi connectivity index (χ2v) is 7.42. The molecule has 0 bridgehead atoms. The van der Waals surface area contributed by atoms with Crippen LogP contribution in [0.5, 0.6) is 5.75 Å². The molecule has 4 rings (SSSR count). The average molecular weight is 399 g/mol. The van der Waals surface area contributed by atoms with Crippen molar-refractivity contribution in [3.8, 4) is 5.75 Å². The van der Waals surface area contributed by atoms with Crippen LogP contribution in [0, 0.1) is 0 Å². The smallest absolute Gasteiger partial charge is 0.258 e. The monoisotopic (exact) mass is 399 g/mol. The molecule has 0 spiro atoms. The topological polar surface area (TPSA) is 53.6 Å². The molecule has 3 aromatic carbocycles. The van der Waals surface area contributed by atoms with E-state index >= 15 is 0 Å². The highest BCUT2D eigenvalue weighted by Crippen LogP contribution is 2.37. The van der Waals surface area contributed by atoms with E-state index in [4.69, 9.17) is 4.74 Å². The van der Waals surface area contributed by atoms with E-state index in [1.54, 1.807) is 0 Å². The third kappa shape index (κ3) is 4.36. The molecule has 0 radical (unpaired) electrons. The van der Waals surface area contributed by atoms with Gasteiger partial charge in [-0.15, -0.1) is 0 Å². The Labute approximate surface area is 177 Å². The Kier molecular flexibility index (Phi) is 5.82. The Bertz CT molecular complexity index is 1060. The molecule has 0 aliphatic carbocycles. The molecule has 0 aromatic heterocycles. The second kappa shape index (κ2) is 8.84. The molecule has 1 aliphatic rings. The summed E-state index contributed by atoms with van der Waals surface area (Å²) in [4.78, 5) is 14.9. The zero-order chi connectivity index (χ0) is 20.9. The fourth-order valence-corrected chi connectivity index (χ4v) is 3.37. The number of carbonyl (C=O) groups excluding carboxylic acids is 1. The number of likely N-dealkylation sites (N-methyl/N-ethyl adjacent to an activating group) is 1. The van der Waals surface area contributed by atoms with E-state index in [9.17, 15) is 4.79 Å². The fraction of sp³-hybridized carbons (Fsp3) is 0.160. The number of anilines is 2. The minimum absolute atomic E-state index is 0.105. The molecule has 5 nitrogen and oxygen atoms in total. The first-order chi connectivity index (χ1) is 14.6. The van der Waals surface area contributed by atoms with Gasteiger partial charge in [-0.2, -0.15) is 0 Å². The SMILES string of the molecule is CN(C)CCOc1ccc(NC(=C2C(=O)Nc3ccccc32)c2ccccc2)cc1. The molecular formula is C25H25N3O2.